The lowest BCUT2D eigenvalue weighted by Crippen LogP contribution is -2.13. The Kier molecular flexibility index (Phi) is 5.24. The van der Waals surface area contributed by atoms with Gasteiger partial charge < -0.3 is 14.8 Å². The van der Waals surface area contributed by atoms with Crippen LogP contribution < -0.4 is 10.1 Å². The molecule has 0 saturated carbocycles. The van der Waals surface area contributed by atoms with Crippen molar-refractivity contribution in [1.82, 2.24) is 0 Å². The second-order valence-electron chi connectivity index (χ2n) is 4.85. The number of hydrogen-bond donors (Lipinski definition) is 1. The maximum atomic E-state index is 12.3. The van der Waals surface area contributed by atoms with Crippen LogP contribution in [0.1, 0.15) is 26.3 Å². The van der Waals surface area contributed by atoms with Crippen LogP contribution in [0.15, 0.2) is 36.4 Å². The fourth-order valence-corrected chi connectivity index (χ4v) is 2.28. The first kappa shape index (κ1) is 16.8. The van der Waals surface area contributed by atoms with E-state index in [-0.39, 0.29) is 22.2 Å². The average Bonchev–Trinajstić information content (AvgIpc) is 2.55. The topological polar surface area (TPSA) is 64.6 Å². The molecule has 0 bridgehead atoms. The number of halogens is 1. The van der Waals surface area contributed by atoms with Gasteiger partial charge in [0.2, 0.25) is 0 Å². The van der Waals surface area contributed by atoms with Crippen LogP contribution in [0.2, 0.25) is 5.02 Å². The van der Waals surface area contributed by atoms with E-state index < -0.39 is 5.97 Å². The van der Waals surface area contributed by atoms with Crippen LogP contribution in [0, 0.1) is 6.92 Å². The van der Waals surface area contributed by atoms with Crippen molar-refractivity contribution in [3.05, 3.63) is 58.1 Å². The molecule has 0 saturated heterocycles. The maximum Gasteiger partial charge on any atom is 0.341 e. The van der Waals surface area contributed by atoms with E-state index in [0.717, 1.165) is 5.56 Å². The van der Waals surface area contributed by atoms with Crippen molar-refractivity contribution in [2.75, 3.05) is 19.5 Å². The normalized spacial score (nSPS) is 10.1. The molecule has 0 atom stereocenters. The minimum atomic E-state index is -0.569. The molecule has 0 fully saturated rings. The second-order valence-corrected chi connectivity index (χ2v) is 5.25. The maximum absolute atomic E-state index is 12.3. The van der Waals surface area contributed by atoms with Crippen molar-refractivity contribution in [3.63, 3.8) is 0 Å². The van der Waals surface area contributed by atoms with E-state index in [4.69, 9.17) is 16.3 Å². The Morgan fingerprint density at radius 1 is 1.13 bits per heavy atom. The number of aryl methyl sites for hydroxylation is 1. The number of carbonyl (C=O) groups excluding carboxylic acids is 2. The molecule has 6 heteroatoms. The highest BCUT2D eigenvalue weighted by Gasteiger charge is 2.17. The molecule has 0 spiro atoms. The van der Waals surface area contributed by atoms with E-state index >= 15 is 0 Å². The Balaban J connectivity index is 2.33. The van der Waals surface area contributed by atoms with Gasteiger partial charge in [-0.25, -0.2) is 4.79 Å². The van der Waals surface area contributed by atoms with E-state index in [1.807, 2.05) is 13.0 Å². The lowest BCUT2D eigenvalue weighted by atomic mass is 10.1. The average molecular weight is 334 g/mol. The second kappa shape index (κ2) is 7.15. The van der Waals surface area contributed by atoms with Gasteiger partial charge in [0.25, 0.3) is 5.91 Å². The SMILES string of the molecule is COC(=O)c1cc(Cl)c(NC(=O)c2cccc(C)c2)cc1OC. The Hall–Kier alpha value is -2.53. The molecule has 120 valence electrons. The molecule has 0 radical (unpaired) electrons. The molecule has 0 heterocycles. The number of methoxy groups -OCH3 is 2. The van der Waals surface area contributed by atoms with E-state index in [1.54, 1.807) is 18.2 Å². The van der Waals surface area contributed by atoms with Gasteiger partial charge in [-0.05, 0) is 25.1 Å². The lowest BCUT2D eigenvalue weighted by Gasteiger charge is -2.12. The number of nitrogens with one attached hydrogen (secondary N) is 1. The highest BCUT2D eigenvalue weighted by Crippen LogP contribution is 2.31. The first-order valence-electron chi connectivity index (χ1n) is 6.80. The summed E-state index contributed by atoms with van der Waals surface area (Å²) in [6.45, 7) is 1.90. The van der Waals surface area contributed by atoms with Crippen molar-refractivity contribution in [1.29, 1.82) is 0 Å². The Labute approximate surface area is 139 Å². The third-order valence-electron chi connectivity index (χ3n) is 3.22. The molecular weight excluding hydrogens is 318 g/mol. The van der Waals surface area contributed by atoms with Crippen LogP contribution >= 0.6 is 11.6 Å². The Bertz CT molecular complexity index is 758. The number of amides is 1. The van der Waals surface area contributed by atoms with E-state index in [2.05, 4.69) is 10.1 Å². The number of esters is 1. The summed E-state index contributed by atoms with van der Waals surface area (Å²) in [5, 5.41) is 2.92. The molecule has 2 rings (SSSR count). The fourth-order valence-electron chi connectivity index (χ4n) is 2.07. The molecule has 0 aromatic heterocycles. The summed E-state index contributed by atoms with van der Waals surface area (Å²) in [5.74, 6) is -0.607. The van der Waals surface area contributed by atoms with E-state index in [0.29, 0.717) is 11.3 Å². The molecule has 23 heavy (non-hydrogen) atoms. The molecule has 0 unspecified atom stereocenters. The summed E-state index contributed by atoms with van der Waals surface area (Å²) in [6.07, 6.45) is 0. The van der Waals surface area contributed by atoms with Crippen LogP contribution in [0.25, 0.3) is 0 Å². The van der Waals surface area contributed by atoms with Gasteiger partial charge in [0.15, 0.2) is 0 Å². The molecule has 0 aliphatic carbocycles. The number of anilines is 1. The molecule has 2 aromatic carbocycles. The van der Waals surface area contributed by atoms with Crippen LogP contribution in [-0.2, 0) is 4.74 Å². The lowest BCUT2D eigenvalue weighted by molar-refractivity contribution is 0.0597. The summed E-state index contributed by atoms with van der Waals surface area (Å²) in [5.41, 5.74) is 2.02. The van der Waals surface area contributed by atoms with Crippen molar-refractivity contribution in [2.24, 2.45) is 0 Å². The molecule has 0 aliphatic heterocycles. The quantitative estimate of drug-likeness (QED) is 0.866. The van der Waals surface area contributed by atoms with E-state index in [9.17, 15) is 9.59 Å². The van der Waals surface area contributed by atoms with Crippen LogP contribution in [0.4, 0.5) is 5.69 Å². The molecule has 0 aliphatic rings. The van der Waals surface area contributed by atoms with Gasteiger partial charge in [-0.1, -0.05) is 29.3 Å². The third kappa shape index (κ3) is 3.81. The molecule has 2 aromatic rings. The minimum Gasteiger partial charge on any atom is -0.496 e. The molecule has 1 amide bonds. The largest absolute Gasteiger partial charge is 0.496 e. The predicted octanol–water partition coefficient (Wildman–Crippen LogP) is 3.70. The van der Waals surface area contributed by atoms with Crippen LogP contribution in [0.5, 0.6) is 5.75 Å². The summed E-state index contributed by atoms with van der Waals surface area (Å²) in [4.78, 5) is 24.0. The number of ether oxygens (including phenoxy) is 2. The highest BCUT2D eigenvalue weighted by atomic mass is 35.5. The minimum absolute atomic E-state index is 0.188. The standard InChI is InChI=1S/C17H16ClNO4/c1-10-5-4-6-11(7-10)16(20)19-14-9-15(22-2)12(8-13(14)18)17(21)23-3/h4-9H,1-3H3,(H,19,20). The van der Waals surface area contributed by atoms with Gasteiger partial charge in [-0.3, -0.25) is 4.79 Å². The van der Waals surface area contributed by atoms with Gasteiger partial charge in [0.05, 0.1) is 24.9 Å². The highest BCUT2D eigenvalue weighted by molar-refractivity contribution is 6.34. The number of benzene rings is 2. The Morgan fingerprint density at radius 3 is 2.48 bits per heavy atom. The smallest absolute Gasteiger partial charge is 0.341 e. The fraction of sp³-hybridized carbons (Fsp3) is 0.176. The zero-order valence-electron chi connectivity index (χ0n) is 13.0. The Morgan fingerprint density at radius 2 is 1.87 bits per heavy atom. The first-order chi connectivity index (χ1) is 11.0. The van der Waals surface area contributed by atoms with Gasteiger partial charge in [-0.15, -0.1) is 0 Å². The zero-order valence-corrected chi connectivity index (χ0v) is 13.7. The summed E-state index contributed by atoms with van der Waals surface area (Å²) >= 11 is 6.14. The van der Waals surface area contributed by atoms with Crippen molar-refractivity contribution < 1.29 is 19.1 Å². The molecule has 1 N–H and O–H groups in total. The van der Waals surface area contributed by atoms with Crippen molar-refractivity contribution >= 4 is 29.2 Å². The number of hydrogen-bond acceptors (Lipinski definition) is 4. The number of rotatable bonds is 4. The first-order valence-corrected chi connectivity index (χ1v) is 7.18. The summed E-state index contributed by atoms with van der Waals surface area (Å²) in [6, 6.07) is 10.1. The van der Waals surface area contributed by atoms with Crippen molar-refractivity contribution in [2.45, 2.75) is 6.92 Å². The summed E-state index contributed by atoms with van der Waals surface area (Å²) < 4.78 is 9.83. The van der Waals surface area contributed by atoms with Gasteiger partial charge >= 0.3 is 5.97 Å². The molecular formula is C17H16ClNO4. The third-order valence-corrected chi connectivity index (χ3v) is 3.54. The number of carbonyl (C=O) groups is 2. The van der Waals surface area contributed by atoms with Crippen LogP contribution in [-0.4, -0.2) is 26.1 Å². The van der Waals surface area contributed by atoms with Gasteiger partial charge in [-0.2, -0.15) is 0 Å². The zero-order chi connectivity index (χ0) is 17.0. The monoisotopic (exact) mass is 333 g/mol. The van der Waals surface area contributed by atoms with Gasteiger partial charge in [0.1, 0.15) is 11.3 Å². The van der Waals surface area contributed by atoms with Crippen molar-refractivity contribution in [3.8, 4) is 5.75 Å². The van der Waals surface area contributed by atoms with Crippen LogP contribution in [0.3, 0.4) is 0 Å². The van der Waals surface area contributed by atoms with E-state index in [1.165, 1.54) is 26.4 Å². The van der Waals surface area contributed by atoms with Gasteiger partial charge in [0, 0.05) is 11.6 Å². The summed E-state index contributed by atoms with van der Waals surface area (Å²) in [7, 11) is 2.69. The predicted molar refractivity (Wildman–Crippen MR) is 88.5 cm³/mol. The molecule has 5 nitrogen and oxygen atoms in total.